The number of amides is 1. The van der Waals surface area contributed by atoms with Gasteiger partial charge in [0.1, 0.15) is 5.60 Å². The van der Waals surface area contributed by atoms with Gasteiger partial charge in [0, 0.05) is 24.5 Å². The number of ether oxygens (including phenoxy) is 2. The van der Waals surface area contributed by atoms with E-state index >= 15 is 0 Å². The highest BCUT2D eigenvalue weighted by molar-refractivity contribution is 6.28. The van der Waals surface area contributed by atoms with Crippen molar-refractivity contribution in [2.45, 2.75) is 26.4 Å². The summed E-state index contributed by atoms with van der Waals surface area (Å²) in [5.74, 6) is 0.594. The number of carbonyl (C=O) groups is 1. The molecule has 0 spiro atoms. The number of morpholine rings is 1. The first kappa shape index (κ1) is 20.2. The highest BCUT2D eigenvalue weighted by Crippen LogP contribution is 2.29. The van der Waals surface area contributed by atoms with Crippen LogP contribution in [-0.4, -0.2) is 48.0 Å². The minimum absolute atomic E-state index is 0.155. The summed E-state index contributed by atoms with van der Waals surface area (Å²) in [7, 11) is 0. The third kappa shape index (κ3) is 5.71. The Bertz CT molecular complexity index is 835. The van der Waals surface area contributed by atoms with Crippen LogP contribution in [0.15, 0.2) is 30.5 Å². The number of nitrogens with zero attached hydrogens (tertiary/aromatic N) is 3. The lowest BCUT2D eigenvalue weighted by atomic mass is 10.2. The summed E-state index contributed by atoms with van der Waals surface area (Å²) in [4.78, 5) is 22.6. The zero-order valence-electron chi connectivity index (χ0n) is 16.2. The smallest absolute Gasteiger partial charge is 0.412 e. The van der Waals surface area contributed by atoms with Crippen molar-refractivity contribution in [1.82, 2.24) is 9.97 Å². The van der Waals surface area contributed by atoms with Crippen molar-refractivity contribution in [3.05, 3.63) is 35.7 Å². The Balaban J connectivity index is 1.77. The molecule has 0 radical (unpaired) electrons. The lowest BCUT2D eigenvalue weighted by molar-refractivity contribution is 0.0636. The molecule has 0 aliphatic carbocycles. The Morgan fingerprint density at radius 2 is 1.96 bits per heavy atom. The van der Waals surface area contributed by atoms with Gasteiger partial charge in [-0.25, -0.2) is 9.78 Å². The topological polar surface area (TPSA) is 88.6 Å². The molecule has 1 aliphatic heterocycles. The number of hydrogen-bond acceptors (Lipinski definition) is 7. The first-order valence-electron chi connectivity index (χ1n) is 9.02. The van der Waals surface area contributed by atoms with Crippen LogP contribution in [-0.2, 0) is 9.47 Å². The predicted molar refractivity (Wildman–Crippen MR) is 110 cm³/mol. The molecule has 2 aromatic rings. The lowest BCUT2D eigenvalue weighted by Gasteiger charge is -2.29. The molecule has 150 valence electrons. The van der Waals surface area contributed by atoms with Crippen LogP contribution in [0.3, 0.4) is 0 Å². The number of halogens is 1. The van der Waals surface area contributed by atoms with Gasteiger partial charge in [-0.2, -0.15) is 4.98 Å². The van der Waals surface area contributed by atoms with Gasteiger partial charge in [-0.3, -0.25) is 5.32 Å². The van der Waals surface area contributed by atoms with E-state index in [1.807, 2.05) is 32.9 Å². The van der Waals surface area contributed by atoms with Crippen LogP contribution in [0.5, 0.6) is 0 Å². The highest BCUT2D eigenvalue weighted by atomic mass is 35.5. The molecule has 0 unspecified atom stereocenters. The average Bonchev–Trinajstić information content (AvgIpc) is 2.61. The van der Waals surface area contributed by atoms with Gasteiger partial charge in [0.05, 0.1) is 25.1 Å². The van der Waals surface area contributed by atoms with Gasteiger partial charge in [-0.1, -0.05) is 6.07 Å². The van der Waals surface area contributed by atoms with Crippen molar-refractivity contribution in [3.63, 3.8) is 0 Å². The van der Waals surface area contributed by atoms with Crippen LogP contribution in [0.1, 0.15) is 20.8 Å². The quantitative estimate of drug-likeness (QED) is 0.741. The zero-order chi connectivity index (χ0) is 20.1. The van der Waals surface area contributed by atoms with Gasteiger partial charge < -0.3 is 19.7 Å². The SMILES string of the molecule is CC(C)(C)OC(=O)Nc1cccc(Nc2nc(Cl)ncc2N2CCOCC2)c1. The maximum Gasteiger partial charge on any atom is 0.412 e. The number of carbonyl (C=O) groups excluding carboxylic acids is 1. The lowest BCUT2D eigenvalue weighted by Crippen LogP contribution is -2.36. The molecule has 3 rings (SSSR count). The fourth-order valence-corrected chi connectivity index (χ4v) is 2.85. The molecule has 1 amide bonds. The Morgan fingerprint density at radius 3 is 2.68 bits per heavy atom. The van der Waals surface area contributed by atoms with E-state index in [1.165, 1.54) is 0 Å². The van der Waals surface area contributed by atoms with Crippen LogP contribution in [0.2, 0.25) is 5.28 Å². The van der Waals surface area contributed by atoms with Crippen LogP contribution >= 0.6 is 11.6 Å². The predicted octanol–water partition coefficient (Wildman–Crippen LogP) is 4.06. The molecule has 0 bridgehead atoms. The molecule has 0 saturated carbocycles. The summed E-state index contributed by atoms with van der Waals surface area (Å²) < 4.78 is 10.7. The molecule has 28 heavy (non-hydrogen) atoms. The number of aromatic nitrogens is 2. The van der Waals surface area contributed by atoms with Gasteiger partial charge in [0.15, 0.2) is 5.82 Å². The first-order chi connectivity index (χ1) is 13.3. The standard InChI is InChI=1S/C19H24ClN5O3/c1-19(2,3)28-18(26)23-14-6-4-5-13(11-14)22-16-15(12-21-17(20)24-16)25-7-9-27-10-8-25/h4-6,11-12H,7-10H2,1-3H3,(H,23,26)(H,21,22,24). The molecular formula is C19H24ClN5O3. The van der Waals surface area contributed by atoms with Crippen molar-refractivity contribution >= 4 is 40.6 Å². The Hall–Kier alpha value is -2.58. The maximum absolute atomic E-state index is 12.0. The van der Waals surface area contributed by atoms with E-state index in [9.17, 15) is 4.79 Å². The molecule has 2 heterocycles. The molecular weight excluding hydrogens is 382 g/mol. The molecule has 2 N–H and O–H groups in total. The van der Waals surface area contributed by atoms with E-state index in [1.54, 1.807) is 18.3 Å². The second-order valence-electron chi connectivity index (χ2n) is 7.30. The monoisotopic (exact) mass is 405 g/mol. The number of anilines is 4. The molecule has 1 aromatic heterocycles. The third-order valence-electron chi connectivity index (χ3n) is 3.86. The summed E-state index contributed by atoms with van der Waals surface area (Å²) >= 11 is 6.00. The Labute approximate surface area is 169 Å². The maximum atomic E-state index is 12.0. The van der Waals surface area contributed by atoms with Gasteiger partial charge in [0.25, 0.3) is 0 Å². The molecule has 1 aliphatic rings. The minimum atomic E-state index is -0.565. The van der Waals surface area contributed by atoms with Crippen molar-refractivity contribution in [2.75, 3.05) is 41.8 Å². The summed E-state index contributed by atoms with van der Waals surface area (Å²) in [6.07, 6.45) is 1.19. The van der Waals surface area contributed by atoms with Gasteiger partial charge in [-0.05, 0) is 50.6 Å². The number of benzene rings is 1. The fraction of sp³-hybridized carbons (Fsp3) is 0.421. The van der Waals surface area contributed by atoms with Gasteiger partial charge in [-0.15, -0.1) is 0 Å². The summed E-state index contributed by atoms with van der Waals surface area (Å²) in [5, 5.41) is 6.14. The van der Waals surface area contributed by atoms with Gasteiger partial charge in [0.2, 0.25) is 5.28 Å². The highest BCUT2D eigenvalue weighted by Gasteiger charge is 2.18. The van der Waals surface area contributed by atoms with Crippen LogP contribution in [0.25, 0.3) is 0 Å². The normalized spacial score (nSPS) is 14.5. The Morgan fingerprint density at radius 1 is 1.25 bits per heavy atom. The van der Waals surface area contributed by atoms with Gasteiger partial charge >= 0.3 is 6.09 Å². The molecule has 0 atom stereocenters. The zero-order valence-corrected chi connectivity index (χ0v) is 16.9. The van der Waals surface area contributed by atoms with Crippen LogP contribution in [0, 0.1) is 0 Å². The molecule has 1 fully saturated rings. The molecule has 1 saturated heterocycles. The summed E-state index contributed by atoms with van der Waals surface area (Å²) in [5.41, 5.74) is 1.63. The second-order valence-corrected chi connectivity index (χ2v) is 7.64. The van der Waals surface area contributed by atoms with E-state index < -0.39 is 11.7 Å². The van der Waals surface area contributed by atoms with E-state index in [0.717, 1.165) is 24.5 Å². The molecule has 8 nitrogen and oxygen atoms in total. The molecule has 1 aromatic carbocycles. The van der Waals surface area contributed by atoms with Crippen LogP contribution < -0.4 is 15.5 Å². The van der Waals surface area contributed by atoms with Crippen molar-refractivity contribution in [3.8, 4) is 0 Å². The molecule has 9 heteroatoms. The number of hydrogen-bond donors (Lipinski definition) is 2. The average molecular weight is 406 g/mol. The Kier molecular flexibility index (Phi) is 6.21. The summed E-state index contributed by atoms with van der Waals surface area (Å²) in [6, 6.07) is 7.28. The van der Waals surface area contributed by atoms with Crippen LogP contribution in [0.4, 0.5) is 27.7 Å². The van der Waals surface area contributed by atoms with Crippen molar-refractivity contribution in [2.24, 2.45) is 0 Å². The third-order valence-corrected chi connectivity index (χ3v) is 4.04. The fourth-order valence-electron chi connectivity index (χ4n) is 2.71. The number of nitrogens with one attached hydrogen (secondary N) is 2. The van der Waals surface area contributed by atoms with E-state index in [-0.39, 0.29) is 5.28 Å². The van der Waals surface area contributed by atoms with Crippen molar-refractivity contribution in [1.29, 1.82) is 0 Å². The largest absolute Gasteiger partial charge is 0.444 e. The minimum Gasteiger partial charge on any atom is -0.444 e. The second kappa shape index (κ2) is 8.62. The summed E-state index contributed by atoms with van der Waals surface area (Å²) in [6.45, 7) is 8.25. The first-order valence-corrected chi connectivity index (χ1v) is 9.40. The van der Waals surface area contributed by atoms with E-state index in [4.69, 9.17) is 21.1 Å². The van der Waals surface area contributed by atoms with E-state index in [0.29, 0.717) is 24.7 Å². The van der Waals surface area contributed by atoms with E-state index in [2.05, 4.69) is 25.5 Å². The van der Waals surface area contributed by atoms with Crippen molar-refractivity contribution < 1.29 is 14.3 Å². The number of rotatable bonds is 4.